The second kappa shape index (κ2) is 32.5. The Labute approximate surface area is 369 Å². The maximum atomic E-state index is 14.1. The van der Waals surface area contributed by atoms with Crippen LogP contribution in [0.5, 0.6) is 0 Å². The van der Waals surface area contributed by atoms with Gasteiger partial charge in [-0.3, -0.25) is 23.2 Å². The van der Waals surface area contributed by atoms with E-state index in [0.29, 0.717) is 25.7 Å². The molecule has 0 aliphatic carbocycles. The lowest BCUT2D eigenvalue weighted by molar-refractivity contribution is -0.161. The quantitative estimate of drug-likeness (QED) is 0.0271. The van der Waals surface area contributed by atoms with Crippen LogP contribution in [-0.2, 0) is 46.1 Å². The minimum atomic E-state index is -4.35. The fourth-order valence-electron chi connectivity index (χ4n) is 5.71. The van der Waals surface area contributed by atoms with Crippen LogP contribution in [0.25, 0.3) is 0 Å². The summed E-state index contributed by atoms with van der Waals surface area (Å²) >= 11 is 0. The molecule has 1 unspecified atom stereocenters. The van der Waals surface area contributed by atoms with Gasteiger partial charge in [0.2, 0.25) is 0 Å². The molecule has 354 valence electrons. The minimum Gasteiger partial charge on any atom is -0.462 e. The van der Waals surface area contributed by atoms with Gasteiger partial charge in [-0.2, -0.15) is 5.26 Å². The average Bonchev–Trinajstić information content (AvgIpc) is 3.16. The Morgan fingerprint density at radius 3 is 1.53 bits per heavy atom. The summed E-state index contributed by atoms with van der Waals surface area (Å²) in [5.74, 6) is -0.947. The van der Waals surface area contributed by atoms with E-state index in [-0.39, 0.29) is 62.4 Å². The van der Waals surface area contributed by atoms with Gasteiger partial charge in [0.05, 0.1) is 45.0 Å². The van der Waals surface area contributed by atoms with Gasteiger partial charge in [0.15, 0.2) is 22.7 Å². The van der Waals surface area contributed by atoms with Crippen molar-refractivity contribution in [1.29, 1.82) is 5.26 Å². The van der Waals surface area contributed by atoms with Gasteiger partial charge >= 0.3 is 19.8 Å². The number of hydrogen-bond acceptors (Lipinski definition) is 12. The second-order valence-electron chi connectivity index (χ2n) is 19.4. The van der Waals surface area contributed by atoms with Gasteiger partial charge in [0.1, 0.15) is 6.61 Å². The topological polar surface area (TPSA) is 160 Å². The summed E-state index contributed by atoms with van der Waals surface area (Å²) in [5, 5.41) is 18.1. The summed E-state index contributed by atoms with van der Waals surface area (Å²) in [6, 6.07) is 1.97. The highest BCUT2D eigenvalue weighted by atomic mass is 31.2. The number of ether oxygens (including phenoxy) is 2. The van der Waals surface area contributed by atoms with Crippen molar-refractivity contribution in [3.05, 3.63) is 0 Å². The number of carbonyl (C=O) groups excluding carboxylic acids is 2. The molecule has 0 bridgehead atoms. The van der Waals surface area contributed by atoms with Crippen molar-refractivity contribution in [2.24, 2.45) is 0 Å². The first-order valence-electron chi connectivity index (χ1n) is 23.3. The van der Waals surface area contributed by atoms with E-state index in [1.165, 1.54) is 70.6 Å². The minimum absolute atomic E-state index is 0.0338. The Hall–Kier alpha value is -1.15. The molecule has 1 N–H and O–H groups in total. The summed E-state index contributed by atoms with van der Waals surface area (Å²) in [7, 11) is -8.87. The van der Waals surface area contributed by atoms with Gasteiger partial charge in [0.25, 0.3) is 0 Å². The van der Waals surface area contributed by atoms with Crippen molar-refractivity contribution in [3.8, 4) is 6.07 Å². The lowest BCUT2D eigenvalue weighted by atomic mass is 10.0. The van der Waals surface area contributed by atoms with Crippen molar-refractivity contribution in [2.75, 3.05) is 39.6 Å². The van der Waals surface area contributed by atoms with Crippen LogP contribution in [0.1, 0.15) is 183 Å². The Bertz CT molecular complexity index is 1220. The molecule has 0 amide bonds. The van der Waals surface area contributed by atoms with Gasteiger partial charge in [0, 0.05) is 19.4 Å². The molecule has 0 aromatic carbocycles. The number of carbonyl (C=O) groups is 2. The average molecular weight is 908 g/mol. The van der Waals surface area contributed by atoms with E-state index in [1.807, 2.05) is 6.07 Å². The predicted octanol–water partition coefficient (Wildman–Crippen LogP) is 12.7. The Morgan fingerprint density at radius 2 is 1.07 bits per heavy atom. The van der Waals surface area contributed by atoms with E-state index in [4.69, 9.17) is 37.0 Å². The third-order valence-electron chi connectivity index (χ3n) is 11.8. The normalized spacial score (nSPS) is 14.7. The lowest BCUT2D eigenvalue weighted by Crippen LogP contribution is -2.49. The molecular formula is C45H90NO11PSi2. The van der Waals surface area contributed by atoms with E-state index in [2.05, 4.69) is 74.7 Å². The Balaban J connectivity index is 5.44. The number of esters is 2. The molecule has 0 aromatic rings. The summed E-state index contributed by atoms with van der Waals surface area (Å²) < 4.78 is 55.8. The number of phosphoric ester groups is 1. The number of unbranched alkanes of at least 4 members (excludes halogenated alkanes) is 16. The molecule has 0 aliphatic rings. The molecule has 0 spiro atoms. The van der Waals surface area contributed by atoms with E-state index in [9.17, 15) is 19.4 Å². The number of aliphatic hydroxyl groups is 1. The monoisotopic (exact) mass is 908 g/mol. The van der Waals surface area contributed by atoms with Crippen LogP contribution in [0.4, 0.5) is 0 Å². The maximum Gasteiger partial charge on any atom is 0.475 e. The molecular weight excluding hydrogens is 818 g/mol. The van der Waals surface area contributed by atoms with Gasteiger partial charge in [-0.05, 0) is 55.5 Å². The van der Waals surface area contributed by atoms with Crippen LogP contribution in [0.15, 0.2) is 0 Å². The lowest BCUT2D eigenvalue weighted by Gasteiger charge is -2.41. The first kappa shape index (κ1) is 58.9. The maximum absolute atomic E-state index is 14.1. The molecule has 3 atom stereocenters. The van der Waals surface area contributed by atoms with Crippen molar-refractivity contribution in [1.82, 2.24) is 0 Å². The molecule has 12 nitrogen and oxygen atoms in total. The summed E-state index contributed by atoms with van der Waals surface area (Å²) in [6.45, 7) is 22.8. The van der Waals surface area contributed by atoms with Crippen LogP contribution < -0.4 is 0 Å². The molecule has 0 aromatic heterocycles. The number of rotatable bonds is 38. The van der Waals surface area contributed by atoms with Crippen molar-refractivity contribution < 1.29 is 51.2 Å². The molecule has 60 heavy (non-hydrogen) atoms. The molecule has 0 rings (SSSR count). The van der Waals surface area contributed by atoms with Gasteiger partial charge < -0.3 is 23.4 Å². The Morgan fingerprint density at radius 1 is 0.617 bits per heavy atom. The smallest absolute Gasteiger partial charge is 0.462 e. The van der Waals surface area contributed by atoms with E-state index >= 15 is 0 Å². The fraction of sp³-hybridized carbons (Fsp3) is 0.933. The van der Waals surface area contributed by atoms with E-state index in [1.54, 1.807) is 0 Å². The molecule has 15 heteroatoms. The summed E-state index contributed by atoms with van der Waals surface area (Å²) in [5.41, 5.74) is 0. The van der Waals surface area contributed by atoms with Gasteiger partial charge in [-0.15, -0.1) is 0 Å². The van der Waals surface area contributed by atoms with E-state index in [0.717, 1.165) is 19.3 Å². The Kier molecular flexibility index (Phi) is 31.9. The number of aliphatic hydroxyl groups excluding tert-OH is 1. The molecule has 0 fully saturated rings. The zero-order valence-electron chi connectivity index (χ0n) is 40.2. The van der Waals surface area contributed by atoms with E-state index < -0.39 is 55.2 Å². The first-order valence-corrected chi connectivity index (χ1v) is 30.6. The number of nitrogens with zero attached hydrogens (tertiary/aromatic N) is 1. The third-order valence-corrected chi connectivity index (χ3v) is 22.2. The highest BCUT2D eigenvalue weighted by Gasteiger charge is 2.42. The van der Waals surface area contributed by atoms with Crippen molar-refractivity contribution >= 4 is 36.4 Å². The fourth-order valence-corrected chi connectivity index (χ4v) is 9.30. The predicted molar refractivity (Wildman–Crippen MR) is 247 cm³/mol. The summed E-state index contributed by atoms with van der Waals surface area (Å²) in [6.07, 6.45) is 18.8. The first-order chi connectivity index (χ1) is 28.1. The van der Waals surface area contributed by atoms with Gasteiger partial charge in [-0.25, -0.2) is 4.57 Å². The van der Waals surface area contributed by atoms with Crippen molar-refractivity contribution in [2.45, 2.75) is 232 Å². The highest BCUT2D eigenvalue weighted by Crippen LogP contribution is 2.50. The number of nitriles is 1. The van der Waals surface area contributed by atoms with Crippen LogP contribution >= 0.6 is 7.82 Å². The molecule has 0 radical (unpaired) electrons. The number of phosphoric acid groups is 1. The van der Waals surface area contributed by atoms with Crippen LogP contribution in [0.3, 0.4) is 0 Å². The zero-order chi connectivity index (χ0) is 45.6. The van der Waals surface area contributed by atoms with Gasteiger partial charge in [-0.1, -0.05) is 145 Å². The van der Waals surface area contributed by atoms with Crippen LogP contribution in [-0.4, -0.2) is 85.5 Å². The largest absolute Gasteiger partial charge is 0.475 e. The molecule has 0 heterocycles. The third kappa shape index (κ3) is 29.3. The highest BCUT2D eigenvalue weighted by molar-refractivity contribution is 7.48. The van der Waals surface area contributed by atoms with Crippen LogP contribution in [0.2, 0.25) is 36.3 Å². The zero-order valence-corrected chi connectivity index (χ0v) is 43.1. The SMILES string of the molecule is CCCCCCCCCCCCCCCCCC(=O)OC[C@H](COP(=O)(OCCC#N)OC[C@H](CO[Si](C)(C)C(C)(C)C)O[Si](C)(C)C(C)(C)C)OC(=O)CCCCCO. The van der Waals surface area contributed by atoms with Crippen LogP contribution in [0, 0.1) is 11.3 Å². The molecule has 0 saturated heterocycles. The number of hydrogen-bond donors (Lipinski definition) is 1. The molecule has 0 aliphatic heterocycles. The van der Waals surface area contributed by atoms with Crippen molar-refractivity contribution in [3.63, 3.8) is 0 Å². The molecule has 0 saturated carbocycles. The summed E-state index contributed by atoms with van der Waals surface area (Å²) in [4.78, 5) is 25.6. The standard InChI is InChI=1S/C45H90NO11PSi2/c1-12-13-14-15-16-17-18-19-20-21-22-23-24-25-27-31-42(48)51-36-40(56-43(49)32-28-26-29-34-47)37-53-58(50,52-35-30-33-46)54-38-41(57-60(10,11)45(5,6)7)39-55-59(8,9)44(2,3)4/h40-41,47H,12-32,34-39H2,1-11H3/t40-,41-,58?/m1/s1. The second-order valence-corrected chi connectivity index (χ2v) is 30.6.